The standard InChI is InChI=1S/C22H27N3O2/c1-27-20-10-6-5-9-19(20)24-13-15-25(16-14-24)21(17-7-3-2-4-8-17)22(26)23-18-11-12-18/h2-10,18,21H,11-16H2,1H3,(H,23,26)/t21-/m1/s1. The van der Waals surface area contributed by atoms with E-state index in [9.17, 15) is 4.79 Å². The van der Waals surface area contributed by atoms with Gasteiger partial charge >= 0.3 is 0 Å². The summed E-state index contributed by atoms with van der Waals surface area (Å²) in [5.41, 5.74) is 2.19. The summed E-state index contributed by atoms with van der Waals surface area (Å²) >= 11 is 0. The molecule has 2 aromatic carbocycles. The van der Waals surface area contributed by atoms with E-state index < -0.39 is 0 Å². The first kappa shape index (κ1) is 17.9. The van der Waals surface area contributed by atoms with Crippen molar-refractivity contribution in [1.29, 1.82) is 0 Å². The molecule has 2 fully saturated rings. The first-order chi connectivity index (χ1) is 13.3. The molecule has 1 atom stereocenters. The molecule has 142 valence electrons. The van der Waals surface area contributed by atoms with Crippen molar-refractivity contribution in [3.8, 4) is 5.75 Å². The van der Waals surface area contributed by atoms with Gasteiger partial charge in [0.25, 0.3) is 0 Å². The van der Waals surface area contributed by atoms with Gasteiger partial charge in [-0.15, -0.1) is 0 Å². The van der Waals surface area contributed by atoms with Crippen LogP contribution in [0.5, 0.6) is 5.75 Å². The summed E-state index contributed by atoms with van der Waals surface area (Å²) < 4.78 is 5.51. The monoisotopic (exact) mass is 365 g/mol. The second-order valence-electron chi connectivity index (χ2n) is 7.29. The van der Waals surface area contributed by atoms with Crippen LogP contribution in [0.1, 0.15) is 24.4 Å². The average Bonchev–Trinajstić information content (AvgIpc) is 3.53. The number of anilines is 1. The predicted molar refractivity (Wildman–Crippen MR) is 107 cm³/mol. The van der Waals surface area contributed by atoms with Crippen molar-refractivity contribution in [3.05, 3.63) is 60.2 Å². The van der Waals surface area contributed by atoms with E-state index in [0.29, 0.717) is 6.04 Å². The van der Waals surface area contributed by atoms with Crippen LogP contribution in [-0.4, -0.2) is 50.1 Å². The first-order valence-electron chi connectivity index (χ1n) is 9.73. The maximum absolute atomic E-state index is 13.0. The second kappa shape index (κ2) is 8.01. The number of nitrogens with zero attached hydrogens (tertiary/aromatic N) is 2. The summed E-state index contributed by atoms with van der Waals surface area (Å²) in [6, 6.07) is 18.4. The largest absolute Gasteiger partial charge is 0.495 e. The molecule has 1 aliphatic carbocycles. The molecule has 2 aromatic rings. The molecule has 27 heavy (non-hydrogen) atoms. The maximum Gasteiger partial charge on any atom is 0.242 e. The fourth-order valence-corrected chi connectivity index (χ4v) is 3.78. The minimum atomic E-state index is -0.216. The van der Waals surface area contributed by atoms with Crippen LogP contribution >= 0.6 is 0 Å². The SMILES string of the molecule is COc1ccccc1N1CCN([C@@H](C(=O)NC2CC2)c2ccccc2)CC1. The molecule has 1 N–H and O–H groups in total. The molecular weight excluding hydrogens is 338 g/mol. The fraction of sp³-hybridized carbons (Fsp3) is 0.409. The van der Waals surface area contributed by atoms with Crippen LogP contribution in [0.4, 0.5) is 5.69 Å². The number of carbonyl (C=O) groups excluding carboxylic acids is 1. The molecule has 2 aliphatic rings. The molecule has 1 heterocycles. The topological polar surface area (TPSA) is 44.8 Å². The quantitative estimate of drug-likeness (QED) is 0.855. The summed E-state index contributed by atoms with van der Waals surface area (Å²) in [7, 11) is 1.71. The molecular formula is C22H27N3O2. The first-order valence-corrected chi connectivity index (χ1v) is 9.73. The van der Waals surface area contributed by atoms with E-state index >= 15 is 0 Å². The van der Waals surface area contributed by atoms with E-state index in [1.165, 1.54) is 0 Å². The van der Waals surface area contributed by atoms with E-state index in [0.717, 1.165) is 56.0 Å². The summed E-state index contributed by atoms with van der Waals surface area (Å²) in [6.07, 6.45) is 2.21. The average molecular weight is 365 g/mol. The Morgan fingerprint density at radius 3 is 2.33 bits per heavy atom. The zero-order valence-electron chi connectivity index (χ0n) is 15.8. The number of hydrogen-bond acceptors (Lipinski definition) is 4. The number of piperazine rings is 1. The second-order valence-corrected chi connectivity index (χ2v) is 7.29. The number of para-hydroxylation sites is 2. The van der Waals surface area contributed by atoms with Crippen LogP contribution in [0.3, 0.4) is 0 Å². The van der Waals surface area contributed by atoms with Gasteiger partial charge in [-0.25, -0.2) is 0 Å². The Labute approximate surface area is 160 Å². The Kier molecular flexibility index (Phi) is 5.30. The van der Waals surface area contributed by atoms with Gasteiger partial charge in [0.2, 0.25) is 5.91 Å². The van der Waals surface area contributed by atoms with Crippen LogP contribution in [0.15, 0.2) is 54.6 Å². The molecule has 5 heteroatoms. The number of amides is 1. The van der Waals surface area contributed by atoms with Crippen molar-refractivity contribution in [3.63, 3.8) is 0 Å². The zero-order valence-corrected chi connectivity index (χ0v) is 15.8. The Balaban J connectivity index is 1.48. The van der Waals surface area contributed by atoms with Crippen molar-refractivity contribution >= 4 is 11.6 Å². The number of nitrogens with one attached hydrogen (secondary N) is 1. The van der Waals surface area contributed by atoms with E-state index in [4.69, 9.17) is 4.74 Å². The highest BCUT2D eigenvalue weighted by molar-refractivity contribution is 5.83. The third kappa shape index (κ3) is 4.08. The van der Waals surface area contributed by atoms with Gasteiger partial charge in [0.05, 0.1) is 12.8 Å². The van der Waals surface area contributed by atoms with Crippen LogP contribution in [0.2, 0.25) is 0 Å². The number of rotatable bonds is 6. The lowest BCUT2D eigenvalue weighted by Crippen LogP contribution is -2.51. The van der Waals surface area contributed by atoms with Gasteiger partial charge in [0.1, 0.15) is 11.8 Å². The van der Waals surface area contributed by atoms with Crippen molar-refractivity contribution < 1.29 is 9.53 Å². The number of benzene rings is 2. The molecule has 1 saturated heterocycles. The van der Waals surface area contributed by atoms with E-state index in [1.54, 1.807) is 7.11 Å². The molecule has 1 amide bonds. The lowest BCUT2D eigenvalue weighted by Gasteiger charge is -2.40. The molecule has 0 aromatic heterocycles. The zero-order chi connectivity index (χ0) is 18.6. The van der Waals surface area contributed by atoms with Crippen LogP contribution < -0.4 is 15.0 Å². The fourth-order valence-electron chi connectivity index (χ4n) is 3.78. The van der Waals surface area contributed by atoms with Gasteiger partial charge in [-0.1, -0.05) is 42.5 Å². The van der Waals surface area contributed by atoms with Crippen LogP contribution in [-0.2, 0) is 4.79 Å². The summed E-state index contributed by atoms with van der Waals surface area (Å²) in [4.78, 5) is 17.6. The number of hydrogen-bond donors (Lipinski definition) is 1. The van der Waals surface area contributed by atoms with E-state index in [1.807, 2.05) is 36.4 Å². The third-order valence-electron chi connectivity index (χ3n) is 5.39. The minimum absolute atomic E-state index is 0.134. The molecule has 0 spiro atoms. The lowest BCUT2D eigenvalue weighted by atomic mass is 10.0. The van der Waals surface area contributed by atoms with Crippen molar-refractivity contribution in [2.45, 2.75) is 24.9 Å². The number of carbonyl (C=O) groups is 1. The van der Waals surface area contributed by atoms with Gasteiger partial charge in [0, 0.05) is 32.2 Å². The molecule has 5 nitrogen and oxygen atoms in total. The Hall–Kier alpha value is -2.53. The Bertz CT molecular complexity index is 768. The summed E-state index contributed by atoms with van der Waals surface area (Å²) in [6.45, 7) is 3.44. The lowest BCUT2D eigenvalue weighted by molar-refractivity contribution is -0.127. The molecule has 0 radical (unpaired) electrons. The van der Waals surface area contributed by atoms with Crippen LogP contribution in [0, 0.1) is 0 Å². The highest BCUT2D eigenvalue weighted by atomic mass is 16.5. The predicted octanol–water partition coefficient (Wildman–Crippen LogP) is 2.84. The van der Waals surface area contributed by atoms with Crippen LogP contribution in [0.25, 0.3) is 0 Å². The number of ether oxygens (including phenoxy) is 1. The van der Waals surface area contributed by atoms with Gasteiger partial charge in [-0.3, -0.25) is 9.69 Å². The molecule has 0 bridgehead atoms. The Morgan fingerprint density at radius 2 is 1.67 bits per heavy atom. The molecule has 0 unspecified atom stereocenters. The molecule has 1 aliphatic heterocycles. The molecule has 1 saturated carbocycles. The summed E-state index contributed by atoms with van der Waals surface area (Å²) in [5, 5.41) is 3.20. The van der Waals surface area contributed by atoms with Gasteiger partial charge < -0.3 is 15.0 Å². The van der Waals surface area contributed by atoms with Gasteiger partial charge in [0.15, 0.2) is 0 Å². The Morgan fingerprint density at radius 1 is 1.00 bits per heavy atom. The number of methoxy groups -OCH3 is 1. The summed E-state index contributed by atoms with van der Waals surface area (Å²) in [5.74, 6) is 1.03. The van der Waals surface area contributed by atoms with Crippen molar-refractivity contribution in [1.82, 2.24) is 10.2 Å². The third-order valence-corrected chi connectivity index (χ3v) is 5.39. The molecule has 4 rings (SSSR count). The van der Waals surface area contributed by atoms with E-state index in [2.05, 4.69) is 33.3 Å². The maximum atomic E-state index is 13.0. The smallest absolute Gasteiger partial charge is 0.242 e. The van der Waals surface area contributed by atoms with Gasteiger partial charge in [-0.05, 0) is 30.5 Å². The van der Waals surface area contributed by atoms with Crippen molar-refractivity contribution in [2.75, 3.05) is 38.2 Å². The van der Waals surface area contributed by atoms with E-state index in [-0.39, 0.29) is 11.9 Å². The van der Waals surface area contributed by atoms with Gasteiger partial charge in [-0.2, -0.15) is 0 Å². The highest BCUT2D eigenvalue weighted by Gasteiger charge is 2.34. The van der Waals surface area contributed by atoms with Crippen molar-refractivity contribution in [2.24, 2.45) is 0 Å². The highest BCUT2D eigenvalue weighted by Crippen LogP contribution is 2.31. The normalized spacial score (nSPS) is 18.8. The minimum Gasteiger partial charge on any atom is -0.495 e.